The zero-order chi connectivity index (χ0) is 10.9. The second-order valence-corrected chi connectivity index (χ2v) is 2.79. The van der Waals surface area contributed by atoms with Crippen LogP contribution in [0.1, 0.15) is 20.7 Å². The number of aromatic nitrogens is 1. The van der Waals surface area contributed by atoms with Crippen molar-refractivity contribution >= 4 is 11.8 Å². The molecule has 4 N–H and O–H groups in total. The highest BCUT2D eigenvalue weighted by atomic mass is 16.2. The first-order chi connectivity index (χ1) is 6.43. The maximum Gasteiger partial charge on any atom is 0.263 e. The van der Waals surface area contributed by atoms with Crippen LogP contribution in [0.3, 0.4) is 0 Å². The van der Waals surface area contributed by atoms with Crippen molar-refractivity contribution in [1.29, 1.82) is 0 Å². The van der Waals surface area contributed by atoms with Gasteiger partial charge in [0.25, 0.3) is 11.5 Å². The van der Waals surface area contributed by atoms with Gasteiger partial charge in [-0.3, -0.25) is 14.4 Å². The standard InChI is InChI=1S/C8H9N3O3/c1-11-3-4(6(9)12)2-5(7(10)13)8(11)14/h2-3H,1H3,(H2,9,12)(H2,10,13). The first kappa shape index (κ1) is 9.97. The highest BCUT2D eigenvalue weighted by Crippen LogP contribution is 1.98. The summed E-state index contributed by atoms with van der Waals surface area (Å²) in [6.07, 6.45) is 1.25. The molecule has 1 rings (SSSR count). The Bertz CT molecular complexity index is 461. The van der Waals surface area contributed by atoms with Crippen LogP contribution in [0.15, 0.2) is 17.1 Å². The van der Waals surface area contributed by atoms with Crippen LogP contribution >= 0.6 is 0 Å². The molecule has 2 amide bonds. The molecule has 1 aromatic heterocycles. The normalized spacial score (nSPS) is 9.79. The van der Waals surface area contributed by atoms with E-state index in [2.05, 4.69) is 0 Å². The number of primary amides is 2. The van der Waals surface area contributed by atoms with E-state index in [4.69, 9.17) is 11.5 Å². The highest BCUT2D eigenvalue weighted by molar-refractivity contribution is 5.97. The maximum atomic E-state index is 11.3. The van der Waals surface area contributed by atoms with Crippen molar-refractivity contribution in [3.63, 3.8) is 0 Å². The number of carbonyl (C=O) groups is 2. The molecule has 0 aliphatic heterocycles. The lowest BCUT2D eigenvalue weighted by Crippen LogP contribution is -2.29. The number of hydrogen-bond acceptors (Lipinski definition) is 3. The molecule has 6 heteroatoms. The summed E-state index contributed by atoms with van der Waals surface area (Å²) < 4.78 is 1.08. The van der Waals surface area contributed by atoms with Crippen LogP contribution in [-0.4, -0.2) is 16.4 Å². The van der Waals surface area contributed by atoms with E-state index in [-0.39, 0.29) is 11.1 Å². The monoisotopic (exact) mass is 195 g/mol. The van der Waals surface area contributed by atoms with Gasteiger partial charge >= 0.3 is 0 Å². The average Bonchev–Trinajstić information content (AvgIpc) is 2.08. The van der Waals surface area contributed by atoms with E-state index in [1.54, 1.807) is 0 Å². The van der Waals surface area contributed by atoms with Gasteiger partial charge in [-0.2, -0.15) is 0 Å². The van der Waals surface area contributed by atoms with Gasteiger partial charge in [0.2, 0.25) is 5.91 Å². The number of nitrogens with two attached hydrogens (primary N) is 2. The third kappa shape index (κ3) is 1.63. The fourth-order valence-electron chi connectivity index (χ4n) is 1.02. The Balaban J connectivity index is 3.51. The molecule has 14 heavy (non-hydrogen) atoms. The molecule has 1 aromatic rings. The first-order valence-electron chi connectivity index (χ1n) is 3.73. The minimum Gasteiger partial charge on any atom is -0.366 e. The van der Waals surface area contributed by atoms with Gasteiger partial charge in [0.05, 0.1) is 5.56 Å². The lowest BCUT2D eigenvalue weighted by Gasteiger charge is -2.02. The van der Waals surface area contributed by atoms with Crippen LogP contribution in [0.5, 0.6) is 0 Å². The predicted molar refractivity (Wildman–Crippen MR) is 48.7 cm³/mol. The Morgan fingerprint density at radius 3 is 2.29 bits per heavy atom. The van der Waals surface area contributed by atoms with Crippen LogP contribution in [0, 0.1) is 0 Å². The van der Waals surface area contributed by atoms with Gasteiger partial charge in [-0.25, -0.2) is 0 Å². The molecule has 1 heterocycles. The molecule has 0 fully saturated rings. The molecule has 0 aliphatic carbocycles. The van der Waals surface area contributed by atoms with Gasteiger partial charge in [-0.1, -0.05) is 0 Å². The van der Waals surface area contributed by atoms with Crippen LogP contribution in [0.2, 0.25) is 0 Å². The highest BCUT2D eigenvalue weighted by Gasteiger charge is 2.11. The lowest BCUT2D eigenvalue weighted by atomic mass is 10.2. The Kier molecular flexibility index (Phi) is 2.37. The molecule has 6 nitrogen and oxygen atoms in total. The second-order valence-electron chi connectivity index (χ2n) is 2.79. The molecule has 0 atom stereocenters. The van der Waals surface area contributed by atoms with E-state index in [0.29, 0.717) is 0 Å². The quantitative estimate of drug-likeness (QED) is 0.604. The number of rotatable bonds is 2. The molecule has 0 bridgehead atoms. The van der Waals surface area contributed by atoms with Gasteiger partial charge < -0.3 is 16.0 Å². The molecular weight excluding hydrogens is 186 g/mol. The zero-order valence-corrected chi connectivity index (χ0v) is 7.48. The minimum atomic E-state index is -0.881. The summed E-state index contributed by atoms with van der Waals surface area (Å²) in [6, 6.07) is 1.09. The number of carbonyl (C=O) groups excluding carboxylic acids is 2. The van der Waals surface area contributed by atoms with Crippen LogP contribution in [0.25, 0.3) is 0 Å². The van der Waals surface area contributed by atoms with E-state index in [1.807, 2.05) is 0 Å². The number of hydrogen-bond donors (Lipinski definition) is 2. The van der Waals surface area contributed by atoms with Crippen molar-refractivity contribution in [2.24, 2.45) is 18.5 Å². The molecular formula is C8H9N3O3. The smallest absolute Gasteiger partial charge is 0.263 e. The van der Waals surface area contributed by atoms with Gasteiger partial charge in [0.1, 0.15) is 5.56 Å². The van der Waals surface area contributed by atoms with Crippen molar-refractivity contribution < 1.29 is 9.59 Å². The van der Waals surface area contributed by atoms with Gasteiger partial charge in [0, 0.05) is 13.2 Å². The molecule has 0 saturated heterocycles. The number of amides is 2. The summed E-state index contributed by atoms with van der Waals surface area (Å²) in [6.45, 7) is 0. The first-order valence-corrected chi connectivity index (χ1v) is 3.73. The van der Waals surface area contributed by atoms with Crippen LogP contribution < -0.4 is 17.0 Å². The molecule has 0 saturated carbocycles. The Morgan fingerprint density at radius 1 is 1.29 bits per heavy atom. The fourth-order valence-corrected chi connectivity index (χ4v) is 1.02. The van der Waals surface area contributed by atoms with Crippen molar-refractivity contribution in [2.75, 3.05) is 0 Å². The van der Waals surface area contributed by atoms with Crippen molar-refractivity contribution in [3.05, 3.63) is 33.7 Å². The second kappa shape index (κ2) is 3.33. The van der Waals surface area contributed by atoms with Gasteiger partial charge in [0.15, 0.2) is 0 Å². The Morgan fingerprint density at radius 2 is 1.86 bits per heavy atom. The molecule has 0 aliphatic rings. The summed E-state index contributed by atoms with van der Waals surface area (Å²) in [5, 5.41) is 0. The Hall–Kier alpha value is -2.11. The average molecular weight is 195 g/mol. The van der Waals surface area contributed by atoms with E-state index in [1.165, 1.54) is 13.2 Å². The van der Waals surface area contributed by atoms with Gasteiger partial charge in [-0.05, 0) is 6.07 Å². The van der Waals surface area contributed by atoms with E-state index in [9.17, 15) is 14.4 Å². The van der Waals surface area contributed by atoms with Crippen molar-refractivity contribution in [3.8, 4) is 0 Å². The summed E-state index contributed by atoms with van der Waals surface area (Å²) in [7, 11) is 1.40. The Labute approximate surface area is 79.1 Å². The maximum absolute atomic E-state index is 11.3. The molecule has 0 aromatic carbocycles. The predicted octanol–water partition coefficient (Wildman–Crippen LogP) is -1.42. The number of pyridine rings is 1. The third-order valence-electron chi connectivity index (χ3n) is 1.73. The molecule has 0 unspecified atom stereocenters. The van der Waals surface area contributed by atoms with Crippen LogP contribution in [-0.2, 0) is 7.05 Å². The van der Waals surface area contributed by atoms with E-state index < -0.39 is 17.4 Å². The number of nitrogens with zero attached hydrogens (tertiary/aromatic N) is 1. The van der Waals surface area contributed by atoms with Crippen molar-refractivity contribution in [2.45, 2.75) is 0 Å². The van der Waals surface area contributed by atoms with E-state index in [0.717, 1.165) is 10.6 Å². The molecule has 74 valence electrons. The third-order valence-corrected chi connectivity index (χ3v) is 1.73. The van der Waals surface area contributed by atoms with E-state index >= 15 is 0 Å². The summed E-state index contributed by atoms with van der Waals surface area (Å²) in [4.78, 5) is 32.9. The van der Waals surface area contributed by atoms with Crippen molar-refractivity contribution in [1.82, 2.24) is 4.57 Å². The summed E-state index contributed by atoms with van der Waals surface area (Å²) in [5.41, 5.74) is 9.21. The zero-order valence-electron chi connectivity index (χ0n) is 7.48. The van der Waals surface area contributed by atoms with Crippen LogP contribution in [0.4, 0.5) is 0 Å². The topological polar surface area (TPSA) is 108 Å². The minimum absolute atomic E-state index is 0.0703. The fraction of sp³-hybridized carbons (Fsp3) is 0.125. The summed E-state index contributed by atoms with van der Waals surface area (Å²) in [5.74, 6) is -1.60. The lowest BCUT2D eigenvalue weighted by molar-refractivity contribution is 0.0998. The van der Waals surface area contributed by atoms with Gasteiger partial charge in [-0.15, -0.1) is 0 Å². The molecule has 0 radical (unpaired) electrons. The molecule has 0 spiro atoms. The largest absolute Gasteiger partial charge is 0.366 e. The number of aryl methyl sites for hydroxylation is 1. The SMILES string of the molecule is Cn1cc(C(N)=O)cc(C(N)=O)c1=O. The summed E-state index contributed by atoms with van der Waals surface area (Å²) >= 11 is 0.